The van der Waals surface area contributed by atoms with Gasteiger partial charge in [-0.25, -0.2) is 4.39 Å². The first-order valence-electron chi connectivity index (χ1n) is 7.01. The van der Waals surface area contributed by atoms with Crippen LogP contribution >= 0.6 is 0 Å². The smallest absolute Gasteiger partial charge is 0.246 e. The highest BCUT2D eigenvalue weighted by molar-refractivity contribution is 5.72. The maximum atomic E-state index is 13.2. The van der Waals surface area contributed by atoms with Crippen LogP contribution in [0.4, 0.5) is 4.39 Å². The van der Waals surface area contributed by atoms with E-state index in [4.69, 9.17) is 9.26 Å². The first-order chi connectivity index (χ1) is 10.6. The van der Waals surface area contributed by atoms with Crippen molar-refractivity contribution in [2.45, 2.75) is 25.3 Å². The van der Waals surface area contributed by atoms with Crippen LogP contribution in [0, 0.1) is 5.82 Å². The highest BCUT2D eigenvalue weighted by Crippen LogP contribution is 2.38. The van der Waals surface area contributed by atoms with Crippen LogP contribution in [-0.4, -0.2) is 29.3 Å². The first-order valence-corrected chi connectivity index (χ1v) is 7.01. The third kappa shape index (κ3) is 2.71. The number of ether oxygens (including phenoxy) is 1. The minimum atomic E-state index is -0.536. The van der Waals surface area contributed by atoms with Gasteiger partial charge in [0.05, 0.1) is 18.6 Å². The number of nitrogens with one attached hydrogen (secondary N) is 1. The van der Waals surface area contributed by atoms with E-state index >= 15 is 0 Å². The number of hydrogen-bond acceptors (Lipinski definition) is 5. The molecule has 0 spiro atoms. The van der Waals surface area contributed by atoms with Crippen LogP contribution in [0.15, 0.2) is 28.8 Å². The number of benzene rings is 1. The lowest BCUT2D eigenvalue weighted by Gasteiger charge is -2.23. The number of amides is 1. The lowest BCUT2D eigenvalue weighted by Crippen LogP contribution is -2.29. The summed E-state index contributed by atoms with van der Waals surface area (Å²) in [5, 5.41) is 6.65. The Morgan fingerprint density at radius 2 is 2.18 bits per heavy atom. The zero-order chi connectivity index (χ0) is 15.6. The molecule has 1 aromatic heterocycles. The van der Waals surface area contributed by atoms with E-state index in [1.165, 1.54) is 19.1 Å². The molecule has 1 N–H and O–H groups in total. The molecule has 1 aliphatic rings. The normalized spacial score (nSPS) is 21.0. The molecule has 1 fully saturated rings. The summed E-state index contributed by atoms with van der Waals surface area (Å²) in [6.07, 6.45) is 0.692. The second-order valence-electron chi connectivity index (χ2n) is 5.31. The Balaban J connectivity index is 1.91. The third-order valence-corrected chi connectivity index (χ3v) is 3.80. The molecule has 0 saturated carbocycles. The van der Waals surface area contributed by atoms with Gasteiger partial charge in [-0.2, -0.15) is 4.98 Å². The molecule has 1 aromatic carbocycles. The molecular weight excluding hydrogens is 289 g/mol. The standard InChI is InChI=1S/C15H16FN3O3/c1-10(20)17-8-13-18-14(19-22-13)15(6-7-21-9-15)11-2-4-12(16)5-3-11/h2-5H,6-9H2,1H3,(H,17,20). The molecule has 1 atom stereocenters. The van der Waals surface area contributed by atoms with Crippen LogP contribution in [0.3, 0.4) is 0 Å². The van der Waals surface area contributed by atoms with Crippen molar-refractivity contribution in [2.75, 3.05) is 13.2 Å². The number of carbonyl (C=O) groups excluding carboxylic acids is 1. The van der Waals surface area contributed by atoms with Crippen molar-refractivity contribution in [3.8, 4) is 0 Å². The Kier molecular flexibility index (Phi) is 3.89. The molecule has 2 aromatic rings. The van der Waals surface area contributed by atoms with Gasteiger partial charge in [-0.15, -0.1) is 0 Å². The van der Waals surface area contributed by atoms with Crippen LogP contribution in [0.5, 0.6) is 0 Å². The topological polar surface area (TPSA) is 77.2 Å². The van der Waals surface area contributed by atoms with Crippen molar-refractivity contribution < 1.29 is 18.4 Å². The second kappa shape index (κ2) is 5.84. The Bertz CT molecular complexity index is 663. The van der Waals surface area contributed by atoms with E-state index in [1.54, 1.807) is 12.1 Å². The van der Waals surface area contributed by atoms with Gasteiger partial charge in [0.1, 0.15) is 5.82 Å². The summed E-state index contributed by atoms with van der Waals surface area (Å²) in [7, 11) is 0. The van der Waals surface area contributed by atoms with Gasteiger partial charge in [0.2, 0.25) is 11.8 Å². The third-order valence-electron chi connectivity index (χ3n) is 3.80. The summed E-state index contributed by atoms with van der Waals surface area (Å²) in [6.45, 7) is 2.59. The lowest BCUT2D eigenvalue weighted by molar-refractivity contribution is -0.119. The quantitative estimate of drug-likeness (QED) is 0.927. The minimum absolute atomic E-state index is 0.169. The summed E-state index contributed by atoms with van der Waals surface area (Å²) in [5.41, 5.74) is 0.351. The summed E-state index contributed by atoms with van der Waals surface area (Å²) < 4.78 is 23.9. The van der Waals surface area contributed by atoms with Gasteiger partial charge in [0, 0.05) is 13.5 Å². The lowest BCUT2D eigenvalue weighted by atomic mass is 9.79. The molecule has 1 saturated heterocycles. The number of hydrogen-bond donors (Lipinski definition) is 1. The molecular formula is C15H16FN3O3. The zero-order valence-electron chi connectivity index (χ0n) is 12.1. The fraction of sp³-hybridized carbons (Fsp3) is 0.400. The summed E-state index contributed by atoms with van der Waals surface area (Å²) in [4.78, 5) is 15.3. The van der Waals surface area contributed by atoms with Crippen LogP contribution in [0.2, 0.25) is 0 Å². The Morgan fingerprint density at radius 3 is 2.82 bits per heavy atom. The van der Waals surface area contributed by atoms with E-state index in [0.717, 1.165) is 5.56 Å². The van der Waals surface area contributed by atoms with Crippen molar-refractivity contribution in [3.63, 3.8) is 0 Å². The number of rotatable bonds is 4. The van der Waals surface area contributed by atoms with Gasteiger partial charge >= 0.3 is 0 Å². The fourth-order valence-corrected chi connectivity index (χ4v) is 2.59. The number of aromatic nitrogens is 2. The highest BCUT2D eigenvalue weighted by Gasteiger charge is 2.42. The van der Waals surface area contributed by atoms with Crippen molar-refractivity contribution in [2.24, 2.45) is 0 Å². The molecule has 2 heterocycles. The largest absolute Gasteiger partial charge is 0.380 e. The van der Waals surface area contributed by atoms with E-state index in [1.807, 2.05) is 0 Å². The minimum Gasteiger partial charge on any atom is -0.380 e. The van der Waals surface area contributed by atoms with E-state index in [0.29, 0.717) is 31.3 Å². The summed E-state index contributed by atoms with van der Waals surface area (Å²) in [6, 6.07) is 6.25. The van der Waals surface area contributed by atoms with Crippen molar-refractivity contribution in [3.05, 3.63) is 47.4 Å². The van der Waals surface area contributed by atoms with Crippen LogP contribution in [-0.2, 0) is 21.5 Å². The van der Waals surface area contributed by atoms with Crippen LogP contribution in [0.1, 0.15) is 30.6 Å². The van der Waals surface area contributed by atoms with E-state index in [9.17, 15) is 9.18 Å². The molecule has 0 aliphatic carbocycles. The molecule has 1 unspecified atom stereocenters. The Labute approximate surface area is 126 Å². The average Bonchev–Trinajstić information content (AvgIpc) is 3.16. The number of carbonyl (C=O) groups is 1. The fourth-order valence-electron chi connectivity index (χ4n) is 2.59. The SMILES string of the molecule is CC(=O)NCc1nc(C2(c3ccc(F)cc3)CCOC2)no1. The van der Waals surface area contributed by atoms with E-state index < -0.39 is 5.41 Å². The maximum absolute atomic E-state index is 13.2. The Hall–Kier alpha value is -2.28. The average molecular weight is 305 g/mol. The van der Waals surface area contributed by atoms with Crippen LogP contribution in [0.25, 0.3) is 0 Å². The predicted molar refractivity (Wildman–Crippen MR) is 74.4 cm³/mol. The summed E-state index contributed by atoms with van der Waals surface area (Å²) in [5.74, 6) is 0.366. The highest BCUT2D eigenvalue weighted by atomic mass is 19.1. The van der Waals surface area contributed by atoms with Crippen LogP contribution < -0.4 is 5.32 Å². The molecule has 0 bridgehead atoms. The Morgan fingerprint density at radius 1 is 1.41 bits per heavy atom. The zero-order valence-corrected chi connectivity index (χ0v) is 12.1. The van der Waals surface area contributed by atoms with Crippen molar-refractivity contribution in [1.82, 2.24) is 15.5 Å². The number of halogens is 1. The molecule has 22 heavy (non-hydrogen) atoms. The maximum Gasteiger partial charge on any atom is 0.246 e. The van der Waals surface area contributed by atoms with Crippen molar-refractivity contribution in [1.29, 1.82) is 0 Å². The predicted octanol–water partition coefficient (Wildman–Crippen LogP) is 1.55. The summed E-state index contributed by atoms with van der Waals surface area (Å²) >= 11 is 0. The van der Waals surface area contributed by atoms with Crippen molar-refractivity contribution >= 4 is 5.91 Å². The molecule has 116 valence electrons. The van der Waals surface area contributed by atoms with Gasteiger partial charge in [-0.05, 0) is 24.1 Å². The first kappa shape index (κ1) is 14.6. The molecule has 1 aliphatic heterocycles. The van der Waals surface area contributed by atoms with E-state index in [2.05, 4.69) is 15.5 Å². The molecule has 3 rings (SSSR count). The van der Waals surface area contributed by atoms with Gasteiger partial charge in [0.25, 0.3) is 0 Å². The molecule has 6 nitrogen and oxygen atoms in total. The number of nitrogens with zero attached hydrogens (tertiary/aromatic N) is 2. The van der Waals surface area contributed by atoms with Gasteiger partial charge in [0.15, 0.2) is 5.82 Å². The van der Waals surface area contributed by atoms with Gasteiger partial charge < -0.3 is 14.6 Å². The van der Waals surface area contributed by atoms with Gasteiger partial charge in [-0.3, -0.25) is 4.79 Å². The van der Waals surface area contributed by atoms with Gasteiger partial charge in [-0.1, -0.05) is 17.3 Å². The van der Waals surface area contributed by atoms with E-state index in [-0.39, 0.29) is 18.3 Å². The monoisotopic (exact) mass is 305 g/mol. The molecule has 1 amide bonds. The second-order valence-corrected chi connectivity index (χ2v) is 5.31. The molecule has 7 heteroatoms. The molecule has 0 radical (unpaired) electrons.